The molecule has 132 valence electrons. The van der Waals surface area contributed by atoms with Crippen LogP contribution in [-0.2, 0) is 6.42 Å². The quantitative estimate of drug-likeness (QED) is 0.605. The number of nitrogens with zero attached hydrogens (tertiary/aromatic N) is 1. The lowest BCUT2D eigenvalue weighted by Crippen LogP contribution is -2.14. The molecule has 0 unspecified atom stereocenters. The lowest BCUT2D eigenvalue weighted by Gasteiger charge is -2.09. The zero-order chi connectivity index (χ0) is 18.4. The Labute approximate surface area is 162 Å². The highest BCUT2D eigenvalue weighted by Crippen LogP contribution is 2.25. The number of hydrogen-bond donors (Lipinski definition) is 2. The number of anilines is 2. The molecule has 0 aliphatic heterocycles. The molecular formula is C20H17Cl2N3O. The van der Waals surface area contributed by atoms with Crippen molar-refractivity contribution in [2.24, 2.45) is 0 Å². The Morgan fingerprint density at radius 3 is 2.58 bits per heavy atom. The van der Waals surface area contributed by atoms with Gasteiger partial charge in [-0.2, -0.15) is 0 Å². The van der Waals surface area contributed by atoms with Gasteiger partial charge in [0.05, 0.1) is 10.7 Å². The average Bonchev–Trinajstić information content (AvgIpc) is 2.65. The van der Waals surface area contributed by atoms with Crippen LogP contribution >= 0.6 is 23.2 Å². The summed E-state index contributed by atoms with van der Waals surface area (Å²) >= 11 is 12.0. The molecule has 1 heterocycles. The smallest absolute Gasteiger partial charge is 0.274 e. The zero-order valence-corrected chi connectivity index (χ0v) is 15.4. The van der Waals surface area contributed by atoms with Crippen molar-refractivity contribution < 1.29 is 4.79 Å². The van der Waals surface area contributed by atoms with Gasteiger partial charge in [-0.15, -0.1) is 0 Å². The van der Waals surface area contributed by atoms with Gasteiger partial charge < -0.3 is 10.6 Å². The minimum atomic E-state index is -0.332. The fourth-order valence-corrected chi connectivity index (χ4v) is 2.89. The first-order valence-electron chi connectivity index (χ1n) is 8.12. The van der Waals surface area contributed by atoms with E-state index in [-0.39, 0.29) is 5.91 Å². The maximum absolute atomic E-state index is 12.4. The lowest BCUT2D eigenvalue weighted by molar-refractivity contribution is 0.102. The fourth-order valence-electron chi connectivity index (χ4n) is 2.44. The minimum Gasteiger partial charge on any atom is -0.385 e. The molecule has 1 amide bonds. The van der Waals surface area contributed by atoms with Crippen molar-refractivity contribution in [2.45, 2.75) is 6.42 Å². The minimum absolute atomic E-state index is 0.306. The number of carbonyl (C=O) groups is 1. The van der Waals surface area contributed by atoms with Gasteiger partial charge in [-0.05, 0) is 42.3 Å². The van der Waals surface area contributed by atoms with Crippen molar-refractivity contribution in [2.75, 3.05) is 17.2 Å². The van der Waals surface area contributed by atoms with E-state index in [2.05, 4.69) is 27.8 Å². The van der Waals surface area contributed by atoms with Crippen LogP contribution in [0.1, 0.15) is 16.1 Å². The van der Waals surface area contributed by atoms with Crippen LogP contribution in [0.3, 0.4) is 0 Å². The largest absolute Gasteiger partial charge is 0.385 e. The van der Waals surface area contributed by atoms with E-state index in [1.807, 2.05) is 24.3 Å². The number of nitrogens with one attached hydrogen (secondary N) is 2. The predicted molar refractivity (Wildman–Crippen MR) is 107 cm³/mol. The van der Waals surface area contributed by atoms with Gasteiger partial charge in [0.2, 0.25) is 0 Å². The van der Waals surface area contributed by atoms with Crippen molar-refractivity contribution in [1.82, 2.24) is 4.98 Å². The number of halogens is 2. The Balaban J connectivity index is 1.61. The van der Waals surface area contributed by atoms with Crippen LogP contribution < -0.4 is 10.6 Å². The maximum atomic E-state index is 12.4. The highest BCUT2D eigenvalue weighted by Gasteiger charge is 2.11. The van der Waals surface area contributed by atoms with Crippen molar-refractivity contribution in [3.8, 4) is 0 Å². The fraction of sp³-hybridized carbons (Fsp3) is 0.100. The average molecular weight is 386 g/mol. The Hall–Kier alpha value is -2.56. The van der Waals surface area contributed by atoms with Gasteiger partial charge in [-0.3, -0.25) is 9.78 Å². The van der Waals surface area contributed by atoms with Gasteiger partial charge in [0.1, 0.15) is 5.69 Å². The van der Waals surface area contributed by atoms with E-state index in [0.717, 1.165) is 18.7 Å². The van der Waals surface area contributed by atoms with Crippen LogP contribution in [0.15, 0.2) is 66.9 Å². The highest BCUT2D eigenvalue weighted by atomic mass is 35.5. The third kappa shape index (κ3) is 4.97. The number of pyridine rings is 1. The van der Waals surface area contributed by atoms with E-state index < -0.39 is 0 Å². The SMILES string of the molecule is O=C(Nc1ccc(Cl)cc1Cl)c1cc(NCCc2ccccc2)ccn1. The second-order valence-corrected chi connectivity index (χ2v) is 6.51. The normalized spacial score (nSPS) is 10.4. The topological polar surface area (TPSA) is 54.0 Å². The standard InChI is InChI=1S/C20H17Cl2N3O/c21-15-6-7-18(17(22)12-15)25-20(26)19-13-16(9-11-24-19)23-10-8-14-4-2-1-3-5-14/h1-7,9,11-13H,8,10H2,(H,23,24)(H,25,26). The number of carbonyl (C=O) groups excluding carboxylic acids is 1. The van der Waals surface area contributed by atoms with Crippen LogP contribution in [0.5, 0.6) is 0 Å². The van der Waals surface area contributed by atoms with Gasteiger partial charge in [-0.1, -0.05) is 53.5 Å². The summed E-state index contributed by atoms with van der Waals surface area (Å²) in [5.74, 6) is -0.332. The maximum Gasteiger partial charge on any atom is 0.274 e. The highest BCUT2D eigenvalue weighted by molar-refractivity contribution is 6.36. The summed E-state index contributed by atoms with van der Waals surface area (Å²) in [6, 6.07) is 18.7. The third-order valence-electron chi connectivity index (χ3n) is 3.76. The van der Waals surface area contributed by atoms with E-state index in [1.165, 1.54) is 5.56 Å². The van der Waals surface area contributed by atoms with Crippen LogP contribution in [0.25, 0.3) is 0 Å². The van der Waals surface area contributed by atoms with Gasteiger partial charge >= 0.3 is 0 Å². The Bertz CT molecular complexity index is 901. The molecule has 6 heteroatoms. The molecule has 0 aliphatic rings. The Morgan fingerprint density at radius 1 is 1.00 bits per heavy atom. The van der Waals surface area contributed by atoms with E-state index in [1.54, 1.807) is 30.5 Å². The monoisotopic (exact) mass is 385 g/mol. The number of benzene rings is 2. The summed E-state index contributed by atoms with van der Waals surface area (Å²) in [4.78, 5) is 16.5. The molecule has 0 aliphatic carbocycles. The molecule has 3 rings (SSSR count). The van der Waals surface area contributed by atoms with Crippen molar-refractivity contribution >= 4 is 40.5 Å². The lowest BCUT2D eigenvalue weighted by atomic mass is 10.1. The molecule has 0 fully saturated rings. The van der Waals surface area contributed by atoms with Gasteiger partial charge in [-0.25, -0.2) is 0 Å². The Kier molecular flexibility index (Phi) is 6.10. The summed E-state index contributed by atoms with van der Waals surface area (Å²) < 4.78 is 0. The van der Waals surface area contributed by atoms with Crippen molar-refractivity contribution in [3.63, 3.8) is 0 Å². The molecule has 0 atom stereocenters. The number of hydrogen-bond acceptors (Lipinski definition) is 3. The number of aromatic nitrogens is 1. The molecule has 0 saturated heterocycles. The molecule has 0 bridgehead atoms. The first kappa shape index (κ1) is 18.2. The molecule has 26 heavy (non-hydrogen) atoms. The summed E-state index contributed by atoms with van der Waals surface area (Å²) in [5, 5.41) is 6.94. The molecule has 3 aromatic rings. The van der Waals surface area contributed by atoms with Crippen LogP contribution in [0.2, 0.25) is 10.0 Å². The van der Waals surface area contributed by atoms with Crippen molar-refractivity contribution in [3.05, 3.63) is 88.2 Å². The van der Waals surface area contributed by atoms with Crippen molar-refractivity contribution in [1.29, 1.82) is 0 Å². The summed E-state index contributed by atoms with van der Waals surface area (Å²) in [6.45, 7) is 0.762. The molecule has 0 radical (unpaired) electrons. The summed E-state index contributed by atoms with van der Waals surface area (Å²) in [5.41, 5.74) is 2.89. The summed E-state index contributed by atoms with van der Waals surface area (Å²) in [6.07, 6.45) is 2.49. The molecule has 0 spiro atoms. The third-order valence-corrected chi connectivity index (χ3v) is 4.31. The molecule has 0 saturated carbocycles. The number of rotatable bonds is 6. The van der Waals surface area contributed by atoms with Crippen LogP contribution in [0.4, 0.5) is 11.4 Å². The Morgan fingerprint density at radius 2 is 1.81 bits per heavy atom. The van der Waals surface area contributed by atoms with E-state index >= 15 is 0 Å². The second kappa shape index (κ2) is 8.70. The summed E-state index contributed by atoms with van der Waals surface area (Å²) in [7, 11) is 0. The van der Waals surface area contributed by atoms with E-state index in [9.17, 15) is 4.79 Å². The van der Waals surface area contributed by atoms with Crippen LogP contribution in [0, 0.1) is 0 Å². The molecule has 1 aromatic heterocycles. The molecule has 2 N–H and O–H groups in total. The predicted octanol–water partition coefficient (Wildman–Crippen LogP) is 5.30. The number of amides is 1. The first-order valence-corrected chi connectivity index (χ1v) is 8.88. The van der Waals surface area contributed by atoms with Gasteiger partial charge in [0.15, 0.2) is 0 Å². The van der Waals surface area contributed by atoms with E-state index in [4.69, 9.17) is 23.2 Å². The van der Waals surface area contributed by atoms with Crippen LogP contribution in [-0.4, -0.2) is 17.4 Å². The molecule has 4 nitrogen and oxygen atoms in total. The van der Waals surface area contributed by atoms with E-state index in [0.29, 0.717) is 21.4 Å². The van der Waals surface area contributed by atoms with Gasteiger partial charge in [0.25, 0.3) is 5.91 Å². The molecular weight excluding hydrogens is 369 g/mol. The zero-order valence-electron chi connectivity index (χ0n) is 13.9. The second-order valence-electron chi connectivity index (χ2n) is 5.67. The van der Waals surface area contributed by atoms with Gasteiger partial charge in [0, 0.05) is 23.5 Å². The first-order chi connectivity index (χ1) is 12.6. The molecule has 2 aromatic carbocycles.